The van der Waals surface area contributed by atoms with E-state index in [2.05, 4.69) is 24.8 Å². The Bertz CT molecular complexity index is 2350. The Balaban J connectivity index is 0.000000177. The van der Waals surface area contributed by atoms with Crippen LogP contribution in [0.5, 0.6) is 11.5 Å². The molecule has 0 unspecified atom stereocenters. The summed E-state index contributed by atoms with van der Waals surface area (Å²) in [5, 5.41) is 0. The van der Waals surface area contributed by atoms with Crippen LogP contribution in [0.4, 0.5) is 20.4 Å². The average Bonchev–Trinajstić information content (AvgIpc) is 3.91. The third-order valence-electron chi connectivity index (χ3n) is 9.62. The van der Waals surface area contributed by atoms with Crippen molar-refractivity contribution in [2.75, 3.05) is 88.5 Å². The molecule has 2 saturated heterocycles. The number of ether oxygens (including phenoxy) is 2. The van der Waals surface area contributed by atoms with Gasteiger partial charge in [-0.1, -0.05) is 23.2 Å². The molecule has 0 radical (unpaired) electrons. The maximum absolute atomic E-state index is 12.9. The van der Waals surface area contributed by atoms with E-state index in [4.69, 9.17) is 44.3 Å². The molecule has 324 valence electrons. The number of nitrogens with one attached hydrogen (secondary N) is 1. The van der Waals surface area contributed by atoms with Crippen molar-refractivity contribution in [3.8, 4) is 11.5 Å². The Morgan fingerprint density at radius 1 is 0.639 bits per heavy atom. The van der Waals surface area contributed by atoms with Gasteiger partial charge in [-0.15, -0.1) is 34.3 Å². The Morgan fingerprint density at radius 2 is 1.13 bits per heavy atom. The minimum Gasteiger partial charge on any atom is -0.492 e. The first-order chi connectivity index (χ1) is 29.6. The molecule has 0 bridgehead atoms. The maximum atomic E-state index is 12.9. The summed E-state index contributed by atoms with van der Waals surface area (Å²) in [5.41, 5.74) is -0.240. The molecule has 1 N–H and O–H groups in total. The van der Waals surface area contributed by atoms with E-state index >= 15 is 0 Å². The Hall–Kier alpha value is -4.55. The van der Waals surface area contributed by atoms with Crippen LogP contribution < -0.4 is 30.4 Å². The number of aromatic amines is 1. The van der Waals surface area contributed by atoms with Crippen molar-refractivity contribution in [2.45, 2.75) is 12.4 Å². The largest absolute Gasteiger partial charge is 0.492 e. The standard InChI is InChI=1S/C21H22ClFN4O2S.C16H19FN4O2.C5H4Cl2S/c22-19-6-5-18(30-19)15-27-8-7-24-20(21(27)28)26-11-9-25(10-12-26)13-14-29-17-3-1-16(23)2-4-17;17-13-1-3-14(4-2-13)23-12-11-20-7-9-21(10-8-20)15-16(22)19-6-5-18-15;6-3-4-1-2-5(7)8-4/h1-8H,9-15H2;1-6H,7-12H2,(H,19,22);1-2H,3H2. The van der Waals surface area contributed by atoms with Crippen LogP contribution in [0.1, 0.15) is 9.75 Å². The van der Waals surface area contributed by atoms with Gasteiger partial charge in [0.2, 0.25) is 0 Å². The highest BCUT2D eigenvalue weighted by atomic mass is 35.5. The molecule has 2 fully saturated rings. The molecule has 0 amide bonds. The molecule has 0 aliphatic carbocycles. The van der Waals surface area contributed by atoms with Crippen LogP contribution in [0.15, 0.2) is 107 Å². The van der Waals surface area contributed by atoms with Crippen LogP contribution in [-0.2, 0) is 12.4 Å². The SMILES string of the molecule is ClCc1ccc(Cl)s1.O=c1[nH]ccnc1N1CCN(CCOc2ccc(F)cc2)CC1.O=c1c(N2CCN(CCOc3ccc(F)cc3)CC2)nccn1Cc1ccc(Cl)s1. The normalized spacial score (nSPS) is 14.4. The van der Waals surface area contributed by atoms with E-state index in [0.717, 1.165) is 79.5 Å². The van der Waals surface area contributed by atoms with Crippen LogP contribution in [0.2, 0.25) is 8.67 Å². The fourth-order valence-electron chi connectivity index (χ4n) is 6.39. The number of anilines is 2. The van der Waals surface area contributed by atoms with Gasteiger partial charge in [0.15, 0.2) is 11.6 Å². The van der Waals surface area contributed by atoms with Crippen molar-refractivity contribution >= 4 is 69.1 Å². The van der Waals surface area contributed by atoms with E-state index in [1.54, 1.807) is 47.4 Å². The fraction of sp³-hybridized carbons (Fsp3) is 0.333. The first kappa shape index (κ1) is 46.0. The lowest BCUT2D eigenvalue weighted by Crippen LogP contribution is -2.49. The number of hydrogen-bond acceptors (Lipinski definition) is 12. The van der Waals surface area contributed by atoms with Crippen LogP contribution in [0.25, 0.3) is 0 Å². The zero-order chi connectivity index (χ0) is 43.0. The number of piperazine rings is 2. The van der Waals surface area contributed by atoms with E-state index in [0.29, 0.717) is 53.1 Å². The van der Waals surface area contributed by atoms with Crippen molar-refractivity contribution in [1.82, 2.24) is 29.3 Å². The highest BCUT2D eigenvalue weighted by Gasteiger charge is 2.22. The summed E-state index contributed by atoms with van der Waals surface area (Å²) in [6, 6.07) is 19.6. The van der Waals surface area contributed by atoms with Crippen LogP contribution in [0.3, 0.4) is 0 Å². The monoisotopic (exact) mass is 932 g/mol. The molecule has 0 atom stereocenters. The first-order valence-corrected chi connectivity index (χ1v) is 22.4. The third-order valence-corrected chi connectivity index (χ3v) is 12.5. The predicted octanol–water partition coefficient (Wildman–Crippen LogP) is 7.60. The van der Waals surface area contributed by atoms with Crippen molar-refractivity contribution in [1.29, 1.82) is 0 Å². The van der Waals surface area contributed by atoms with E-state index in [9.17, 15) is 18.4 Å². The van der Waals surface area contributed by atoms with Gasteiger partial charge in [0.05, 0.1) is 21.1 Å². The number of alkyl halides is 1. The second kappa shape index (κ2) is 23.6. The molecule has 12 nitrogen and oxygen atoms in total. The Kier molecular flexibility index (Phi) is 17.8. The van der Waals surface area contributed by atoms with Gasteiger partial charge in [0.25, 0.3) is 11.1 Å². The van der Waals surface area contributed by atoms with Crippen molar-refractivity contribution < 1.29 is 18.3 Å². The van der Waals surface area contributed by atoms with Gasteiger partial charge in [0, 0.05) is 100.0 Å². The number of hydrogen-bond donors (Lipinski definition) is 1. The van der Waals surface area contributed by atoms with E-state index in [-0.39, 0.29) is 22.8 Å². The smallest absolute Gasteiger partial charge is 0.293 e. The molecule has 2 aliphatic rings. The third kappa shape index (κ3) is 14.5. The van der Waals surface area contributed by atoms with Gasteiger partial charge in [-0.05, 0) is 72.8 Å². The number of H-pyrrole nitrogens is 1. The second-order valence-corrected chi connectivity index (χ2v) is 17.6. The lowest BCUT2D eigenvalue weighted by atomic mass is 10.3. The highest BCUT2D eigenvalue weighted by Crippen LogP contribution is 2.23. The van der Waals surface area contributed by atoms with E-state index in [1.165, 1.54) is 53.1 Å². The summed E-state index contributed by atoms with van der Waals surface area (Å²) in [5.74, 6) is 2.33. The van der Waals surface area contributed by atoms with Gasteiger partial charge in [-0.2, -0.15) is 0 Å². The van der Waals surface area contributed by atoms with Gasteiger partial charge in [-0.3, -0.25) is 19.4 Å². The summed E-state index contributed by atoms with van der Waals surface area (Å²) in [6.07, 6.45) is 6.52. The number of thiophene rings is 2. The lowest BCUT2D eigenvalue weighted by Gasteiger charge is -2.34. The molecule has 2 aliphatic heterocycles. The Labute approximate surface area is 375 Å². The molecule has 2 aromatic carbocycles. The van der Waals surface area contributed by atoms with Crippen molar-refractivity contribution in [3.63, 3.8) is 0 Å². The number of benzene rings is 2. The van der Waals surface area contributed by atoms with Crippen LogP contribution >= 0.6 is 57.5 Å². The first-order valence-electron chi connectivity index (χ1n) is 19.5. The highest BCUT2D eigenvalue weighted by molar-refractivity contribution is 7.16. The summed E-state index contributed by atoms with van der Waals surface area (Å²) in [6.45, 7) is 9.47. The molecule has 0 spiro atoms. The number of rotatable bonds is 13. The zero-order valence-corrected chi connectivity index (χ0v) is 37.0. The van der Waals surface area contributed by atoms with Gasteiger partial charge in [-0.25, -0.2) is 18.7 Å². The molecule has 0 saturated carbocycles. The summed E-state index contributed by atoms with van der Waals surface area (Å²) >= 11 is 20.1. The van der Waals surface area contributed by atoms with E-state index < -0.39 is 0 Å². The molecule has 4 aromatic heterocycles. The molecular formula is C42H45Cl3F2N8O4S2. The van der Waals surface area contributed by atoms with Crippen LogP contribution in [-0.4, -0.2) is 108 Å². The summed E-state index contributed by atoms with van der Waals surface area (Å²) in [4.78, 5) is 46.5. The molecule has 6 heterocycles. The fourth-order valence-corrected chi connectivity index (χ4v) is 8.66. The van der Waals surface area contributed by atoms with Gasteiger partial charge in [0.1, 0.15) is 36.3 Å². The van der Waals surface area contributed by atoms with Crippen LogP contribution in [0, 0.1) is 11.6 Å². The molecule has 6 aromatic rings. The Morgan fingerprint density at radius 3 is 1.59 bits per heavy atom. The number of nitrogens with zero attached hydrogens (tertiary/aromatic N) is 7. The minimum absolute atomic E-state index is 0.0879. The summed E-state index contributed by atoms with van der Waals surface area (Å²) < 4.78 is 40.2. The maximum Gasteiger partial charge on any atom is 0.293 e. The second-order valence-electron chi connectivity index (χ2n) is 13.7. The van der Waals surface area contributed by atoms with E-state index in [1.807, 2.05) is 34.1 Å². The summed E-state index contributed by atoms with van der Waals surface area (Å²) in [7, 11) is 0. The predicted molar refractivity (Wildman–Crippen MR) is 242 cm³/mol. The molecule has 8 rings (SSSR count). The minimum atomic E-state index is -0.272. The zero-order valence-electron chi connectivity index (χ0n) is 33.1. The average molecular weight is 934 g/mol. The topological polar surface area (TPSA) is 112 Å². The number of halogens is 5. The van der Waals surface area contributed by atoms with Gasteiger partial charge >= 0.3 is 0 Å². The molecule has 19 heteroatoms. The van der Waals surface area contributed by atoms with Crippen molar-refractivity contribution in [2.24, 2.45) is 0 Å². The number of aromatic nitrogens is 4. The quantitative estimate of drug-likeness (QED) is 0.116. The van der Waals surface area contributed by atoms with Crippen molar-refractivity contribution in [3.05, 3.63) is 148 Å². The molecule has 61 heavy (non-hydrogen) atoms. The van der Waals surface area contributed by atoms with Gasteiger partial charge < -0.3 is 28.8 Å². The molecular weight excluding hydrogens is 889 g/mol. The lowest BCUT2D eigenvalue weighted by molar-refractivity contribution is 0.200.